The Morgan fingerprint density at radius 3 is 2.25 bits per heavy atom. The van der Waals surface area contributed by atoms with Gasteiger partial charge in [0.2, 0.25) is 11.8 Å². The number of rotatable bonds is 8. The third kappa shape index (κ3) is 5.98. The van der Waals surface area contributed by atoms with Crippen molar-refractivity contribution in [3.05, 3.63) is 95.0 Å². The molecule has 4 rings (SSSR count). The number of imide groups is 1. The highest BCUT2D eigenvalue weighted by Gasteiger charge is 2.44. The second-order valence-corrected chi connectivity index (χ2v) is 8.94. The van der Waals surface area contributed by atoms with Crippen LogP contribution in [0.15, 0.2) is 78.9 Å². The Labute approximate surface area is 214 Å². The summed E-state index contributed by atoms with van der Waals surface area (Å²) in [4.78, 5) is 53.5. The lowest BCUT2D eigenvalue weighted by atomic mass is 10.1. The molecule has 7 nitrogen and oxygen atoms in total. The van der Waals surface area contributed by atoms with Gasteiger partial charge < -0.3 is 9.64 Å². The van der Waals surface area contributed by atoms with Gasteiger partial charge in [0.25, 0.3) is 5.91 Å². The molecule has 1 aliphatic rings. The molecular formula is C28H25ClN2O5. The lowest BCUT2D eigenvalue weighted by Gasteiger charge is -2.28. The minimum atomic E-state index is -0.908. The number of carbonyl (C=O) groups excluding carboxylic acids is 4. The van der Waals surface area contributed by atoms with Gasteiger partial charge in [-0.05, 0) is 53.9 Å². The highest BCUT2D eigenvalue weighted by atomic mass is 35.5. The molecule has 3 aromatic rings. The third-order valence-electron chi connectivity index (χ3n) is 5.93. The molecule has 3 aromatic carbocycles. The lowest BCUT2D eigenvalue weighted by Crippen LogP contribution is -2.47. The van der Waals surface area contributed by atoms with Crippen LogP contribution in [0.4, 0.5) is 5.69 Å². The molecule has 0 spiro atoms. The average Bonchev–Trinajstić information content (AvgIpc) is 3.15. The van der Waals surface area contributed by atoms with Crippen molar-refractivity contribution in [2.75, 3.05) is 11.4 Å². The van der Waals surface area contributed by atoms with Gasteiger partial charge in [-0.15, -0.1) is 0 Å². The summed E-state index contributed by atoms with van der Waals surface area (Å²) in [7, 11) is 0. The highest BCUT2D eigenvalue weighted by molar-refractivity contribution is 6.30. The van der Waals surface area contributed by atoms with E-state index in [2.05, 4.69) is 0 Å². The molecule has 1 aliphatic heterocycles. The van der Waals surface area contributed by atoms with Gasteiger partial charge in [-0.1, -0.05) is 54.1 Å². The van der Waals surface area contributed by atoms with E-state index >= 15 is 0 Å². The molecule has 184 valence electrons. The summed E-state index contributed by atoms with van der Waals surface area (Å²) in [6.07, 6.45) is 0.523. The quantitative estimate of drug-likeness (QED) is 0.261. The number of anilines is 1. The van der Waals surface area contributed by atoms with Gasteiger partial charge in [0.05, 0.1) is 18.5 Å². The Hall–Kier alpha value is -3.97. The predicted molar refractivity (Wildman–Crippen MR) is 136 cm³/mol. The molecule has 0 radical (unpaired) electrons. The predicted octanol–water partition coefficient (Wildman–Crippen LogP) is 4.21. The Morgan fingerprint density at radius 1 is 0.944 bits per heavy atom. The Morgan fingerprint density at radius 2 is 1.61 bits per heavy atom. The van der Waals surface area contributed by atoms with Gasteiger partial charge in [-0.25, -0.2) is 4.90 Å². The van der Waals surface area contributed by atoms with E-state index in [0.29, 0.717) is 29.4 Å². The van der Waals surface area contributed by atoms with E-state index in [4.69, 9.17) is 16.3 Å². The summed E-state index contributed by atoms with van der Waals surface area (Å²) in [5.74, 6) is -1.26. The molecule has 1 fully saturated rings. The van der Waals surface area contributed by atoms with E-state index in [1.807, 2.05) is 30.3 Å². The van der Waals surface area contributed by atoms with Gasteiger partial charge >= 0.3 is 5.97 Å². The third-order valence-corrected chi connectivity index (χ3v) is 6.18. The highest BCUT2D eigenvalue weighted by Crippen LogP contribution is 2.28. The van der Waals surface area contributed by atoms with E-state index in [1.54, 1.807) is 36.4 Å². The number of hydrogen-bond acceptors (Lipinski definition) is 5. The molecule has 8 heteroatoms. The fourth-order valence-electron chi connectivity index (χ4n) is 4.19. The van der Waals surface area contributed by atoms with Crippen molar-refractivity contribution in [2.45, 2.75) is 32.2 Å². The first-order valence-corrected chi connectivity index (χ1v) is 11.9. The van der Waals surface area contributed by atoms with Gasteiger partial charge in [-0.3, -0.25) is 19.2 Å². The molecule has 0 N–H and O–H groups in total. The minimum absolute atomic E-state index is 0.0843. The van der Waals surface area contributed by atoms with Crippen LogP contribution in [0, 0.1) is 0 Å². The second kappa shape index (κ2) is 11.2. The number of esters is 1. The van der Waals surface area contributed by atoms with Gasteiger partial charge in [0, 0.05) is 18.5 Å². The fraction of sp³-hybridized carbons (Fsp3) is 0.214. The number of nitrogens with zero attached hydrogens (tertiary/aromatic N) is 2. The zero-order valence-corrected chi connectivity index (χ0v) is 20.5. The molecule has 1 unspecified atom stereocenters. The number of ether oxygens (including phenoxy) is 1. The molecule has 36 heavy (non-hydrogen) atoms. The van der Waals surface area contributed by atoms with Gasteiger partial charge in [0.15, 0.2) is 0 Å². The van der Waals surface area contributed by atoms with Crippen LogP contribution >= 0.6 is 11.6 Å². The summed E-state index contributed by atoms with van der Waals surface area (Å²) in [5, 5.41) is 0.569. The number of halogens is 1. The Bertz CT molecular complexity index is 1260. The SMILES string of the molecule is CC(=O)Oc1ccc(N2C(=O)CC(N(CCc3ccccc3)C(=O)Cc3ccc(Cl)cc3)C2=O)cc1. The van der Waals surface area contributed by atoms with Crippen molar-refractivity contribution in [1.29, 1.82) is 0 Å². The first-order chi connectivity index (χ1) is 17.3. The van der Waals surface area contributed by atoms with Crippen LogP contribution in [0.1, 0.15) is 24.5 Å². The van der Waals surface area contributed by atoms with Crippen LogP contribution in [0.5, 0.6) is 5.75 Å². The van der Waals surface area contributed by atoms with Crippen molar-refractivity contribution in [3.8, 4) is 5.75 Å². The van der Waals surface area contributed by atoms with Crippen molar-refractivity contribution >= 4 is 41.0 Å². The Balaban J connectivity index is 1.56. The van der Waals surface area contributed by atoms with Crippen molar-refractivity contribution in [2.24, 2.45) is 0 Å². The summed E-state index contributed by atoms with van der Waals surface area (Å²) in [5.41, 5.74) is 2.15. The number of amides is 3. The van der Waals surface area contributed by atoms with Crippen molar-refractivity contribution < 1.29 is 23.9 Å². The van der Waals surface area contributed by atoms with Crippen LogP contribution in [-0.4, -0.2) is 41.2 Å². The maximum atomic E-state index is 13.4. The monoisotopic (exact) mass is 504 g/mol. The van der Waals surface area contributed by atoms with E-state index in [0.717, 1.165) is 16.0 Å². The largest absolute Gasteiger partial charge is 0.427 e. The molecule has 1 heterocycles. The first-order valence-electron chi connectivity index (χ1n) is 11.5. The van der Waals surface area contributed by atoms with E-state index < -0.39 is 23.8 Å². The molecule has 1 atom stereocenters. The summed E-state index contributed by atoms with van der Waals surface area (Å²) in [6, 6.07) is 21.8. The zero-order chi connectivity index (χ0) is 25.7. The second-order valence-electron chi connectivity index (χ2n) is 8.50. The van der Waals surface area contributed by atoms with Crippen LogP contribution in [0.3, 0.4) is 0 Å². The Kier molecular flexibility index (Phi) is 7.80. The van der Waals surface area contributed by atoms with E-state index in [9.17, 15) is 19.2 Å². The fourth-order valence-corrected chi connectivity index (χ4v) is 4.31. The van der Waals surface area contributed by atoms with Crippen molar-refractivity contribution in [1.82, 2.24) is 4.90 Å². The van der Waals surface area contributed by atoms with Crippen LogP contribution in [-0.2, 0) is 32.0 Å². The molecule has 0 aromatic heterocycles. The smallest absolute Gasteiger partial charge is 0.308 e. The topological polar surface area (TPSA) is 84.0 Å². The summed E-state index contributed by atoms with van der Waals surface area (Å²) in [6.45, 7) is 1.58. The van der Waals surface area contributed by atoms with Crippen molar-refractivity contribution in [3.63, 3.8) is 0 Å². The van der Waals surface area contributed by atoms with Crippen LogP contribution in [0.2, 0.25) is 5.02 Å². The number of benzene rings is 3. The molecule has 3 amide bonds. The summed E-state index contributed by atoms with van der Waals surface area (Å²) >= 11 is 5.97. The lowest BCUT2D eigenvalue weighted by molar-refractivity contribution is -0.137. The molecule has 1 saturated heterocycles. The molecule has 0 saturated carbocycles. The van der Waals surface area contributed by atoms with E-state index in [-0.39, 0.29) is 18.7 Å². The molecule has 0 bridgehead atoms. The van der Waals surface area contributed by atoms with Crippen LogP contribution in [0.25, 0.3) is 0 Å². The van der Waals surface area contributed by atoms with Gasteiger partial charge in [0.1, 0.15) is 11.8 Å². The first kappa shape index (κ1) is 25.1. The van der Waals surface area contributed by atoms with Gasteiger partial charge in [-0.2, -0.15) is 0 Å². The molecular weight excluding hydrogens is 480 g/mol. The number of hydrogen-bond donors (Lipinski definition) is 0. The zero-order valence-electron chi connectivity index (χ0n) is 19.7. The standard InChI is InChI=1S/C28H25ClN2O5/c1-19(32)36-24-13-11-23(12-14-24)31-27(34)18-25(28(31)35)30(16-15-20-5-3-2-4-6-20)26(33)17-21-7-9-22(29)10-8-21/h2-14,25H,15-18H2,1H3. The van der Waals surface area contributed by atoms with Crippen LogP contribution < -0.4 is 9.64 Å². The normalized spacial score (nSPS) is 15.2. The van der Waals surface area contributed by atoms with E-state index in [1.165, 1.54) is 24.0 Å². The minimum Gasteiger partial charge on any atom is -0.427 e. The summed E-state index contributed by atoms with van der Waals surface area (Å²) < 4.78 is 5.03. The molecule has 0 aliphatic carbocycles. The maximum Gasteiger partial charge on any atom is 0.308 e. The maximum absolute atomic E-state index is 13.4. The average molecular weight is 505 g/mol. The number of carbonyl (C=O) groups is 4.